The Labute approximate surface area is 105 Å². The van der Waals surface area contributed by atoms with Crippen molar-refractivity contribution in [3.63, 3.8) is 0 Å². The van der Waals surface area contributed by atoms with Gasteiger partial charge >= 0.3 is 0 Å². The second-order valence-electron chi connectivity index (χ2n) is 3.68. The molecule has 0 saturated carbocycles. The van der Waals surface area contributed by atoms with Crippen molar-refractivity contribution in [1.82, 2.24) is 0 Å². The van der Waals surface area contributed by atoms with Crippen LogP contribution in [0.15, 0.2) is 18.2 Å². The van der Waals surface area contributed by atoms with E-state index < -0.39 is 0 Å². The highest BCUT2D eigenvalue weighted by Crippen LogP contribution is 2.28. The molecule has 1 aromatic carbocycles. The van der Waals surface area contributed by atoms with E-state index in [1.807, 2.05) is 6.07 Å². The zero-order valence-corrected chi connectivity index (χ0v) is 11.6. The minimum absolute atomic E-state index is 0.484. The van der Waals surface area contributed by atoms with E-state index in [4.69, 9.17) is 9.47 Å². The maximum absolute atomic E-state index is 5.67. The number of methoxy groups -OCH3 is 1. The third kappa shape index (κ3) is 3.99. The van der Waals surface area contributed by atoms with Gasteiger partial charge in [-0.25, -0.2) is 0 Å². The number of hydrogen-bond donors (Lipinski definition) is 0. The van der Waals surface area contributed by atoms with Crippen molar-refractivity contribution >= 4 is 22.6 Å². The molecule has 0 unspecified atom stereocenters. The molecule has 0 atom stereocenters. The van der Waals surface area contributed by atoms with Gasteiger partial charge < -0.3 is 9.47 Å². The summed E-state index contributed by atoms with van der Waals surface area (Å²) >= 11 is 2.32. The van der Waals surface area contributed by atoms with Crippen LogP contribution in [-0.4, -0.2) is 20.3 Å². The summed E-state index contributed by atoms with van der Waals surface area (Å²) in [6.45, 7) is 5.59. The molecule has 84 valence electrons. The predicted molar refractivity (Wildman–Crippen MR) is 70.6 cm³/mol. The summed E-state index contributed by atoms with van der Waals surface area (Å²) in [5.74, 6) is 1.46. The summed E-state index contributed by atoms with van der Waals surface area (Å²) in [4.78, 5) is 0. The fourth-order valence-electron chi connectivity index (χ4n) is 1.34. The van der Waals surface area contributed by atoms with Crippen LogP contribution in [0.5, 0.6) is 5.75 Å². The van der Waals surface area contributed by atoms with Crippen LogP contribution in [0.1, 0.15) is 25.3 Å². The summed E-state index contributed by atoms with van der Waals surface area (Å²) < 4.78 is 11.9. The van der Waals surface area contributed by atoms with Crippen LogP contribution in [0.4, 0.5) is 0 Å². The molecule has 0 fully saturated rings. The van der Waals surface area contributed by atoms with E-state index >= 15 is 0 Å². The maximum atomic E-state index is 5.67. The first-order valence-electron chi connectivity index (χ1n) is 5.06. The minimum atomic E-state index is 0.484. The van der Waals surface area contributed by atoms with Crippen LogP contribution in [0.25, 0.3) is 0 Å². The molecule has 0 heterocycles. The Morgan fingerprint density at radius 1 is 1.27 bits per heavy atom. The van der Waals surface area contributed by atoms with Gasteiger partial charge in [0.15, 0.2) is 0 Å². The van der Waals surface area contributed by atoms with Crippen molar-refractivity contribution in [3.8, 4) is 5.75 Å². The van der Waals surface area contributed by atoms with Crippen molar-refractivity contribution in [2.24, 2.45) is 0 Å². The SMILES string of the molecule is COCCOc1ccc(I)cc1C(C)C. The molecule has 0 spiro atoms. The largest absolute Gasteiger partial charge is 0.491 e. The monoisotopic (exact) mass is 320 g/mol. The summed E-state index contributed by atoms with van der Waals surface area (Å²) in [7, 11) is 1.68. The van der Waals surface area contributed by atoms with Crippen LogP contribution < -0.4 is 4.74 Å². The smallest absolute Gasteiger partial charge is 0.122 e. The Kier molecular flexibility index (Phi) is 5.39. The lowest BCUT2D eigenvalue weighted by Crippen LogP contribution is -2.06. The fraction of sp³-hybridized carbons (Fsp3) is 0.500. The summed E-state index contributed by atoms with van der Waals surface area (Å²) in [5.41, 5.74) is 1.26. The van der Waals surface area contributed by atoms with Gasteiger partial charge in [0, 0.05) is 10.7 Å². The van der Waals surface area contributed by atoms with Gasteiger partial charge in [-0.05, 0) is 52.3 Å². The Hall–Kier alpha value is -0.290. The van der Waals surface area contributed by atoms with E-state index in [1.165, 1.54) is 9.13 Å². The van der Waals surface area contributed by atoms with Crippen molar-refractivity contribution in [2.75, 3.05) is 20.3 Å². The number of rotatable bonds is 5. The Bertz CT molecular complexity index is 310. The number of benzene rings is 1. The maximum Gasteiger partial charge on any atom is 0.122 e. The van der Waals surface area contributed by atoms with Crippen molar-refractivity contribution < 1.29 is 9.47 Å². The van der Waals surface area contributed by atoms with E-state index in [0.29, 0.717) is 19.1 Å². The molecular formula is C12H17IO2. The molecule has 3 heteroatoms. The molecule has 0 aliphatic rings. The third-order valence-electron chi connectivity index (χ3n) is 2.14. The van der Waals surface area contributed by atoms with E-state index in [-0.39, 0.29) is 0 Å². The summed E-state index contributed by atoms with van der Waals surface area (Å²) in [6, 6.07) is 6.27. The predicted octanol–water partition coefficient (Wildman–Crippen LogP) is 3.44. The van der Waals surface area contributed by atoms with Gasteiger partial charge in [-0.1, -0.05) is 13.8 Å². The van der Waals surface area contributed by atoms with E-state index in [1.54, 1.807) is 7.11 Å². The standard InChI is InChI=1S/C12H17IO2/c1-9(2)11-8-10(13)4-5-12(11)15-7-6-14-3/h4-5,8-9H,6-7H2,1-3H3. The van der Waals surface area contributed by atoms with Gasteiger partial charge in [-0.15, -0.1) is 0 Å². The molecule has 0 aromatic heterocycles. The molecule has 15 heavy (non-hydrogen) atoms. The van der Waals surface area contributed by atoms with Crippen molar-refractivity contribution in [1.29, 1.82) is 0 Å². The zero-order valence-electron chi connectivity index (χ0n) is 9.42. The Morgan fingerprint density at radius 2 is 2.00 bits per heavy atom. The highest BCUT2D eigenvalue weighted by Gasteiger charge is 2.08. The summed E-state index contributed by atoms with van der Waals surface area (Å²) in [5, 5.41) is 0. The van der Waals surface area contributed by atoms with E-state index in [2.05, 4.69) is 48.6 Å². The highest BCUT2D eigenvalue weighted by molar-refractivity contribution is 14.1. The van der Waals surface area contributed by atoms with E-state index in [0.717, 1.165) is 5.75 Å². The summed E-state index contributed by atoms with van der Waals surface area (Å²) in [6.07, 6.45) is 0. The first-order valence-corrected chi connectivity index (χ1v) is 6.14. The fourth-order valence-corrected chi connectivity index (χ4v) is 1.85. The van der Waals surface area contributed by atoms with E-state index in [9.17, 15) is 0 Å². The average Bonchev–Trinajstić information content (AvgIpc) is 2.20. The molecule has 0 N–H and O–H groups in total. The molecular weight excluding hydrogens is 303 g/mol. The minimum Gasteiger partial charge on any atom is -0.491 e. The lowest BCUT2D eigenvalue weighted by molar-refractivity contribution is 0.145. The number of hydrogen-bond acceptors (Lipinski definition) is 2. The lowest BCUT2D eigenvalue weighted by atomic mass is 10.0. The molecule has 0 aliphatic heterocycles. The van der Waals surface area contributed by atoms with Crippen LogP contribution >= 0.6 is 22.6 Å². The molecule has 0 radical (unpaired) electrons. The van der Waals surface area contributed by atoms with Crippen LogP contribution in [0, 0.1) is 3.57 Å². The normalized spacial score (nSPS) is 10.7. The Morgan fingerprint density at radius 3 is 2.60 bits per heavy atom. The molecule has 1 aromatic rings. The van der Waals surface area contributed by atoms with Gasteiger partial charge in [0.1, 0.15) is 12.4 Å². The topological polar surface area (TPSA) is 18.5 Å². The first-order chi connectivity index (χ1) is 7.15. The number of ether oxygens (including phenoxy) is 2. The molecule has 0 saturated heterocycles. The van der Waals surface area contributed by atoms with Gasteiger partial charge in [0.25, 0.3) is 0 Å². The van der Waals surface area contributed by atoms with Gasteiger partial charge in [0.05, 0.1) is 6.61 Å². The van der Waals surface area contributed by atoms with Crippen LogP contribution in [0.3, 0.4) is 0 Å². The lowest BCUT2D eigenvalue weighted by Gasteiger charge is -2.14. The second kappa shape index (κ2) is 6.33. The molecule has 1 rings (SSSR count). The second-order valence-corrected chi connectivity index (χ2v) is 4.92. The van der Waals surface area contributed by atoms with Crippen molar-refractivity contribution in [2.45, 2.75) is 19.8 Å². The van der Waals surface area contributed by atoms with Crippen LogP contribution in [0.2, 0.25) is 0 Å². The number of halogens is 1. The van der Waals surface area contributed by atoms with Crippen LogP contribution in [-0.2, 0) is 4.74 Å². The molecule has 0 bridgehead atoms. The van der Waals surface area contributed by atoms with Gasteiger partial charge in [-0.3, -0.25) is 0 Å². The molecule has 0 aliphatic carbocycles. The Balaban J connectivity index is 2.77. The van der Waals surface area contributed by atoms with Gasteiger partial charge in [0.2, 0.25) is 0 Å². The van der Waals surface area contributed by atoms with Crippen molar-refractivity contribution in [3.05, 3.63) is 27.3 Å². The molecule has 2 nitrogen and oxygen atoms in total. The quantitative estimate of drug-likeness (QED) is 0.611. The average molecular weight is 320 g/mol. The zero-order chi connectivity index (χ0) is 11.3. The molecule has 0 amide bonds. The third-order valence-corrected chi connectivity index (χ3v) is 2.81. The highest BCUT2D eigenvalue weighted by atomic mass is 127. The first kappa shape index (κ1) is 12.8. The van der Waals surface area contributed by atoms with Gasteiger partial charge in [-0.2, -0.15) is 0 Å².